The second-order valence-electron chi connectivity index (χ2n) is 6.84. The van der Waals surface area contributed by atoms with E-state index in [0.29, 0.717) is 13.1 Å². The maximum Gasteiger partial charge on any atom is 0.407 e. The molecule has 4 rings (SSSR count). The quantitative estimate of drug-likeness (QED) is 0.920. The number of hydrogen-bond acceptors (Lipinski definition) is 4. The van der Waals surface area contributed by atoms with Crippen LogP contribution in [0.15, 0.2) is 31.0 Å². The van der Waals surface area contributed by atoms with Gasteiger partial charge >= 0.3 is 6.09 Å². The van der Waals surface area contributed by atoms with Crippen molar-refractivity contribution in [3.63, 3.8) is 0 Å². The molecule has 1 N–H and O–H groups in total. The molecule has 0 aliphatic carbocycles. The molecule has 0 radical (unpaired) electrons. The lowest BCUT2D eigenvalue weighted by Crippen LogP contribution is -2.61. The SMILES string of the molecule is C=Cc1ccc2nncc(N3CC4(CCN(C(=O)O)CC4)C3)c2c1. The Morgan fingerprint density at radius 1 is 1.29 bits per heavy atom. The number of piperidine rings is 1. The van der Waals surface area contributed by atoms with Crippen molar-refractivity contribution in [3.8, 4) is 0 Å². The summed E-state index contributed by atoms with van der Waals surface area (Å²) in [4.78, 5) is 14.9. The summed E-state index contributed by atoms with van der Waals surface area (Å²) in [5.74, 6) is 0. The highest BCUT2D eigenvalue weighted by Crippen LogP contribution is 2.43. The van der Waals surface area contributed by atoms with Crippen LogP contribution < -0.4 is 4.90 Å². The van der Waals surface area contributed by atoms with E-state index in [-0.39, 0.29) is 5.41 Å². The third-order valence-corrected chi connectivity index (χ3v) is 5.37. The Labute approximate surface area is 140 Å². The zero-order valence-corrected chi connectivity index (χ0v) is 13.5. The van der Waals surface area contributed by atoms with Gasteiger partial charge in [0.2, 0.25) is 0 Å². The van der Waals surface area contributed by atoms with E-state index >= 15 is 0 Å². The summed E-state index contributed by atoms with van der Waals surface area (Å²) in [7, 11) is 0. The molecule has 2 aliphatic rings. The van der Waals surface area contributed by atoms with Crippen molar-refractivity contribution in [2.75, 3.05) is 31.1 Å². The predicted molar refractivity (Wildman–Crippen MR) is 93.1 cm³/mol. The van der Waals surface area contributed by atoms with E-state index in [9.17, 15) is 4.79 Å². The zero-order chi connectivity index (χ0) is 16.7. The first-order chi connectivity index (χ1) is 11.6. The number of hydrogen-bond donors (Lipinski definition) is 1. The minimum absolute atomic E-state index is 0.248. The van der Waals surface area contributed by atoms with Gasteiger partial charge in [-0.25, -0.2) is 4.79 Å². The molecule has 0 unspecified atom stereocenters. The first-order valence-corrected chi connectivity index (χ1v) is 8.21. The van der Waals surface area contributed by atoms with Crippen molar-refractivity contribution in [1.82, 2.24) is 15.1 Å². The summed E-state index contributed by atoms with van der Waals surface area (Å²) in [6.45, 7) is 7.03. The molecule has 1 aromatic carbocycles. The summed E-state index contributed by atoms with van der Waals surface area (Å²) in [6.07, 6.45) is 4.73. The molecule has 6 nitrogen and oxygen atoms in total. The third kappa shape index (κ3) is 2.38. The standard InChI is InChI=1S/C18H20N4O2/c1-2-13-3-4-15-14(9-13)16(10-19-20-15)22-11-18(12-22)5-7-21(8-6-18)17(23)24/h2-4,9-10H,1,5-8,11-12H2,(H,23,24). The molecule has 124 valence electrons. The van der Waals surface area contributed by atoms with E-state index in [4.69, 9.17) is 5.11 Å². The molecule has 2 saturated heterocycles. The van der Waals surface area contributed by atoms with Crippen molar-refractivity contribution < 1.29 is 9.90 Å². The van der Waals surface area contributed by atoms with Gasteiger partial charge in [-0.05, 0) is 30.5 Å². The van der Waals surface area contributed by atoms with E-state index < -0.39 is 6.09 Å². The molecule has 0 atom stereocenters. The van der Waals surface area contributed by atoms with Gasteiger partial charge in [-0.15, -0.1) is 0 Å². The minimum atomic E-state index is -0.803. The molecule has 24 heavy (non-hydrogen) atoms. The molecule has 2 aliphatic heterocycles. The van der Waals surface area contributed by atoms with E-state index in [0.717, 1.165) is 48.1 Å². The van der Waals surface area contributed by atoms with Crippen molar-refractivity contribution in [2.45, 2.75) is 12.8 Å². The first kappa shape index (κ1) is 14.9. The van der Waals surface area contributed by atoms with Gasteiger partial charge in [0.1, 0.15) is 0 Å². The Kier molecular flexibility index (Phi) is 3.40. The second-order valence-corrected chi connectivity index (χ2v) is 6.84. The minimum Gasteiger partial charge on any atom is -0.465 e. The van der Waals surface area contributed by atoms with Gasteiger partial charge in [0.25, 0.3) is 0 Å². The van der Waals surface area contributed by atoms with Crippen LogP contribution in [0.4, 0.5) is 10.5 Å². The maximum absolute atomic E-state index is 11.1. The van der Waals surface area contributed by atoms with Crippen LogP contribution in [0.2, 0.25) is 0 Å². The average Bonchev–Trinajstić information content (AvgIpc) is 2.58. The molecular formula is C18H20N4O2. The highest BCUT2D eigenvalue weighted by atomic mass is 16.4. The summed E-state index contributed by atoms with van der Waals surface area (Å²) < 4.78 is 0. The van der Waals surface area contributed by atoms with Crippen molar-refractivity contribution in [3.05, 3.63) is 36.5 Å². The molecule has 6 heteroatoms. The van der Waals surface area contributed by atoms with Crippen LogP contribution in [-0.4, -0.2) is 52.5 Å². The van der Waals surface area contributed by atoms with Gasteiger partial charge in [0, 0.05) is 37.0 Å². The second kappa shape index (κ2) is 5.47. The van der Waals surface area contributed by atoms with Crippen LogP contribution in [0.25, 0.3) is 17.0 Å². The fourth-order valence-corrected chi connectivity index (χ4v) is 3.86. The van der Waals surface area contributed by atoms with Crippen molar-refractivity contribution in [2.24, 2.45) is 5.41 Å². The molecule has 2 aromatic rings. The Morgan fingerprint density at radius 2 is 2.04 bits per heavy atom. The Morgan fingerprint density at radius 3 is 2.71 bits per heavy atom. The average molecular weight is 324 g/mol. The number of rotatable bonds is 2. The van der Waals surface area contributed by atoms with Crippen molar-refractivity contribution in [1.29, 1.82) is 0 Å². The number of fused-ring (bicyclic) bond motifs is 1. The maximum atomic E-state index is 11.1. The van der Waals surface area contributed by atoms with Crippen LogP contribution in [0.3, 0.4) is 0 Å². The molecular weight excluding hydrogens is 304 g/mol. The number of carbonyl (C=O) groups is 1. The van der Waals surface area contributed by atoms with Gasteiger partial charge in [0.15, 0.2) is 0 Å². The highest BCUT2D eigenvalue weighted by molar-refractivity contribution is 5.92. The number of nitrogens with zero attached hydrogens (tertiary/aromatic N) is 4. The lowest BCUT2D eigenvalue weighted by atomic mass is 9.72. The van der Waals surface area contributed by atoms with Gasteiger partial charge in [-0.1, -0.05) is 18.7 Å². The predicted octanol–water partition coefficient (Wildman–Crippen LogP) is 2.85. The van der Waals surface area contributed by atoms with E-state index in [1.807, 2.05) is 24.4 Å². The fraction of sp³-hybridized carbons (Fsp3) is 0.389. The number of aromatic nitrogens is 2. The lowest BCUT2D eigenvalue weighted by molar-refractivity contribution is 0.0711. The highest BCUT2D eigenvalue weighted by Gasteiger charge is 2.46. The Balaban J connectivity index is 1.54. The zero-order valence-electron chi connectivity index (χ0n) is 13.5. The van der Waals surface area contributed by atoms with E-state index in [2.05, 4.69) is 27.7 Å². The number of likely N-dealkylation sites (tertiary alicyclic amines) is 1. The van der Waals surface area contributed by atoms with E-state index in [1.54, 1.807) is 0 Å². The molecule has 2 fully saturated rings. The normalized spacial score (nSPS) is 19.3. The first-order valence-electron chi connectivity index (χ1n) is 8.21. The molecule has 0 bridgehead atoms. The molecule has 3 heterocycles. The fourth-order valence-electron chi connectivity index (χ4n) is 3.86. The Hall–Kier alpha value is -2.63. The summed E-state index contributed by atoms with van der Waals surface area (Å²) in [6, 6.07) is 6.07. The third-order valence-electron chi connectivity index (χ3n) is 5.37. The summed E-state index contributed by atoms with van der Waals surface area (Å²) in [5.41, 5.74) is 3.31. The summed E-state index contributed by atoms with van der Waals surface area (Å²) in [5, 5.41) is 18.5. The van der Waals surface area contributed by atoms with Gasteiger partial charge in [0.05, 0.1) is 17.4 Å². The Bertz CT molecular complexity index is 804. The van der Waals surface area contributed by atoms with Gasteiger partial charge < -0.3 is 14.9 Å². The summed E-state index contributed by atoms with van der Waals surface area (Å²) >= 11 is 0. The number of amides is 1. The largest absolute Gasteiger partial charge is 0.465 e. The smallest absolute Gasteiger partial charge is 0.407 e. The van der Waals surface area contributed by atoms with E-state index in [1.165, 1.54) is 4.90 Å². The van der Waals surface area contributed by atoms with Crippen LogP contribution in [0.5, 0.6) is 0 Å². The molecule has 1 spiro atoms. The molecule has 1 aromatic heterocycles. The van der Waals surface area contributed by atoms with Crippen LogP contribution in [0.1, 0.15) is 18.4 Å². The number of anilines is 1. The van der Waals surface area contributed by atoms with Gasteiger partial charge in [-0.2, -0.15) is 10.2 Å². The van der Waals surface area contributed by atoms with Crippen LogP contribution in [0, 0.1) is 5.41 Å². The molecule has 1 amide bonds. The van der Waals surface area contributed by atoms with Crippen LogP contribution >= 0.6 is 0 Å². The lowest BCUT2D eigenvalue weighted by Gasteiger charge is -2.54. The molecule has 0 saturated carbocycles. The number of benzene rings is 1. The monoisotopic (exact) mass is 324 g/mol. The van der Waals surface area contributed by atoms with Crippen molar-refractivity contribution >= 4 is 28.8 Å². The topological polar surface area (TPSA) is 69.6 Å². The number of carboxylic acid groups (broad SMARTS) is 1. The van der Waals surface area contributed by atoms with Gasteiger partial charge in [-0.3, -0.25) is 0 Å². The van der Waals surface area contributed by atoms with Crippen LogP contribution in [-0.2, 0) is 0 Å².